The molecule has 1 fully saturated rings. The molecule has 0 bridgehead atoms. The van der Waals surface area contributed by atoms with Gasteiger partial charge in [-0.2, -0.15) is 0 Å². The molecule has 1 aromatic rings. The van der Waals surface area contributed by atoms with Crippen LogP contribution in [-0.2, 0) is 4.79 Å². The maximum Gasteiger partial charge on any atom is 0.311 e. The molecule has 0 spiro atoms. The monoisotopic (exact) mass is 293 g/mol. The molecule has 0 saturated heterocycles. The number of anilines is 1. The number of hydrogen-bond donors (Lipinski definition) is 2. The second kappa shape index (κ2) is 5.67. The van der Waals surface area contributed by atoms with Gasteiger partial charge < -0.3 is 10.4 Å². The molecule has 1 saturated carbocycles. The zero-order chi connectivity index (χ0) is 15.6. The Labute approximate surface area is 122 Å². The first-order chi connectivity index (χ1) is 9.84. The molecule has 2 N–H and O–H groups in total. The zero-order valence-corrected chi connectivity index (χ0v) is 12.1. The van der Waals surface area contributed by atoms with Crippen molar-refractivity contribution in [2.24, 2.45) is 5.41 Å². The van der Waals surface area contributed by atoms with Gasteiger partial charge in [-0.25, -0.2) is 4.98 Å². The van der Waals surface area contributed by atoms with Crippen LogP contribution in [0.3, 0.4) is 0 Å². The highest BCUT2D eigenvalue weighted by molar-refractivity contribution is 5.76. The SMILES string of the molecule is Cc1nc(NC2CCCCC2(C)C(=O)O)ccc1[N+](=O)[O-]. The smallest absolute Gasteiger partial charge is 0.311 e. The van der Waals surface area contributed by atoms with Crippen molar-refractivity contribution in [1.82, 2.24) is 4.98 Å². The summed E-state index contributed by atoms with van der Waals surface area (Å²) in [5.74, 6) is -0.337. The number of nitrogens with zero attached hydrogens (tertiary/aromatic N) is 2. The first-order valence-corrected chi connectivity index (χ1v) is 6.96. The van der Waals surface area contributed by atoms with E-state index in [1.54, 1.807) is 13.8 Å². The Morgan fingerprint density at radius 3 is 2.81 bits per heavy atom. The summed E-state index contributed by atoms with van der Waals surface area (Å²) in [6, 6.07) is 2.70. The van der Waals surface area contributed by atoms with E-state index in [1.165, 1.54) is 12.1 Å². The molecule has 0 aliphatic heterocycles. The van der Waals surface area contributed by atoms with E-state index in [0.717, 1.165) is 19.3 Å². The Bertz CT molecular complexity index is 575. The van der Waals surface area contributed by atoms with Crippen molar-refractivity contribution in [2.75, 3.05) is 5.32 Å². The first kappa shape index (κ1) is 15.2. The lowest BCUT2D eigenvalue weighted by Gasteiger charge is -2.38. The Balaban J connectivity index is 2.22. The lowest BCUT2D eigenvalue weighted by molar-refractivity contribution is -0.385. The van der Waals surface area contributed by atoms with Crippen LogP contribution in [0.5, 0.6) is 0 Å². The van der Waals surface area contributed by atoms with Gasteiger partial charge in [0.05, 0.1) is 10.3 Å². The minimum Gasteiger partial charge on any atom is -0.481 e. The predicted octanol–water partition coefficient (Wildman–Crippen LogP) is 2.74. The number of aromatic nitrogens is 1. The minimum atomic E-state index is -0.838. The van der Waals surface area contributed by atoms with Crippen molar-refractivity contribution >= 4 is 17.5 Å². The van der Waals surface area contributed by atoms with Gasteiger partial charge in [0.2, 0.25) is 0 Å². The van der Waals surface area contributed by atoms with Gasteiger partial charge in [-0.1, -0.05) is 12.8 Å². The van der Waals surface area contributed by atoms with Gasteiger partial charge in [0.1, 0.15) is 11.5 Å². The summed E-state index contributed by atoms with van der Waals surface area (Å²) in [4.78, 5) is 26.0. The van der Waals surface area contributed by atoms with Crippen LogP contribution in [0, 0.1) is 22.5 Å². The molecule has 2 unspecified atom stereocenters. The number of carbonyl (C=O) groups is 1. The molecule has 1 aromatic heterocycles. The third-order valence-electron chi connectivity index (χ3n) is 4.27. The van der Waals surface area contributed by atoms with E-state index in [1.807, 2.05) is 0 Å². The van der Waals surface area contributed by atoms with E-state index in [4.69, 9.17) is 0 Å². The lowest BCUT2D eigenvalue weighted by atomic mass is 9.71. The van der Waals surface area contributed by atoms with Gasteiger partial charge >= 0.3 is 5.97 Å². The fraction of sp³-hybridized carbons (Fsp3) is 0.571. The van der Waals surface area contributed by atoms with Gasteiger partial charge in [-0.05, 0) is 32.8 Å². The largest absolute Gasteiger partial charge is 0.481 e. The Kier molecular flexibility index (Phi) is 4.11. The van der Waals surface area contributed by atoms with Crippen LogP contribution in [0.25, 0.3) is 0 Å². The molecule has 0 radical (unpaired) electrons. The van der Waals surface area contributed by atoms with Crippen molar-refractivity contribution in [3.05, 3.63) is 27.9 Å². The molecule has 7 heteroatoms. The van der Waals surface area contributed by atoms with Crippen LogP contribution in [0.2, 0.25) is 0 Å². The average Bonchev–Trinajstić information content (AvgIpc) is 2.41. The maximum absolute atomic E-state index is 11.5. The van der Waals surface area contributed by atoms with Crippen LogP contribution >= 0.6 is 0 Å². The molecule has 1 aliphatic rings. The van der Waals surface area contributed by atoms with Gasteiger partial charge in [0.15, 0.2) is 0 Å². The summed E-state index contributed by atoms with van der Waals surface area (Å²) >= 11 is 0. The second-order valence-electron chi connectivity index (χ2n) is 5.72. The highest BCUT2D eigenvalue weighted by atomic mass is 16.6. The van der Waals surface area contributed by atoms with Crippen LogP contribution in [0.4, 0.5) is 11.5 Å². The van der Waals surface area contributed by atoms with E-state index < -0.39 is 16.3 Å². The third kappa shape index (κ3) is 2.96. The molecular weight excluding hydrogens is 274 g/mol. The van der Waals surface area contributed by atoms with Crippen LogP contribution in [0.15, 0.2) is 12.1 Å². The summed E-state index contributed by atoms with van der Waals surface area (Å²) < 4.78 is 0. The second-order valence-corrected chi connectivity index (χ2v) is 5.72. The summed E-state index contributed by atoms with van der Waals surface area (Å²) in [5, 5.41) is 23.4. The number of nitrogens with one attached hydrogen (secondary N) is 1. The molecule has 21 heavy (non-hydrogen) atoms. The normalized spacial score (nSPS) is 25.3. The fourth-order valence-electron chi connectivity index (χ4n) is 2.83. The van der Waals surface area contributed by atoms with E-state index in [2.05, 4.69) is 10.3 Å². The zero-order valence-electron chi connectivity index (χ0n) is 12.1. The molecule has 1 aliphatic carbocycles. The molecule has 7 nitrogen and oxygen atoms in total. The quantitative estimate of drug-likeness (QED) is 0.653. The van der Waals surface area contributed by atoms with Gasteiger partial charge in [0, 0.05) is 12.1 Å². The van der Waals surface area contributed by atoms with Crippen molar-refractivity contribution in [1.29, 1.82) is 0 Å². The molecule has 0 aromatic carbocycles. The lowest BCUT2D eigenvalue weighted by Crippen LogP contribution is -2.46. The Morgan fingerprint density at radius 2 is 2.24 bits per heavy atom. The molecule has 2 rings (SSSR count). The maximum atomic E-state index is 11.5. The van der Waals surface area contributed by atoms with E-state index in [9.17, 15) is 20.0 Å². The van der Waals surface area contributed by atoms with E-state index in [0.29, 0.717) is 17.9 Å². The predicted molar refractivity (Wildman–Crippen MR) is 77.2 cm³/mol. The first-order valence-electron chi connectivity index (χ1n) is 6.96. The van der Waals surface area contributed by atoms with E-state index >= 15 is 0 Å². The summed E-state index contributed by atoms with van der Waals surface area (Å²) in [7, 11) is 0. The van der Waals surface area contributed by atoms with Crippen molar-refractivity contribution < 1.29 is 14.8 Å². The van der Waals surface area contributed by atoms with Crippen molar-refractivity contribution in [2.45, 2.75) is 45.6 Å². The number of rotatable bonds is 4. The van der Waals surface area contributed by atoms with Crippen molar-refractivity contribution in [3.63, 3.8) is 0 Å². The topological polar surface area (TPSA) is 105 Å². The molecule has 114 valence electrons. The van der Waals surface area contributed by atoms with Crippen LogP contribution < -0.4 is 5.32 Å². The highest BCUT2D eigenvalue weighted by Crippen LogP contribution is 2.38. The van der Waals surface area contributed by atoms with Crippen LogP contribution in [0.1, 0.15) is 38.3 Å². The number of aryl methyl sites for hydroxylation is 1. The fourth-order valence-corrected chi connectivity index (χ4v) is 2.83. The molecule has 2 atom stereocenters. The number of carboxylic acids is 1. The summed E-state index contributed by atoms with van der Waals surface area (Å²) in [6.07, 6.45) is 3.23. The Hall–Kier alpha value is -2.18. The molecule has 0 amide bonds. The molecule has 1 heterocycles. The number of pyridine rings is 1. The van der Waals surface area contributed by atoms with Crippen LogP contribution in [-0.4, -0.2) is 27.0 Å². The summed E-state index contributed by atoms with van der Waals surface area (Å²) in [5.41, 5.74) is -0.557. The third-order valence-corrected chi connectivity index (χ3v) is 4.27. The molecular formula is C14H19N3O4. The van der Waals surface area contributed by atoms with Gasteiger partial charge in [-0.15, -0.1) is 0 Å². The van der Waals surface area contributed by atoms with Crippen molar-refractivity contribution in [3.8, 4) is 0 Å². The average molecular weight is 293 g/mol. The number of nitro groups is 1. The Morgan fingerprint density at radius 1 is 1.52 bits per heavy atom. The standard InChI is InChI=1S/C14H19N3O4/c1-9-10(17(20)21)6-7-12(15-9)16-11-5-3-4-8-14(11,2)13(18)19/h6-7,11H,3-5,8H2,1-2H3,(H,15,16)(H,18,19). The van der Waals surface area contributed by atoms with Gasteiger partial charge in [-0.3, -0.25) is 14.9 Å². The number of carboxylic acid groups (broad SMARTS) is 1. The van der Waals surface area contributed by atoms with E-state index in [-0.39, 0.29) is 11.7 Å². The number of aliphatic carboxylic acids is 1. The van der Waals surface area contributed by atoms with Gasteiger partial charge in [0.25, 0.3) is 5.69 Å². The minimum absolute atomic E-state index is 0.0369. The summed E-state index contributed by atoms with van der Waals surface area (Å²) in [6.45, 7) is 3.31. The highest BCUT2D eigenvalue weighted by Gasteiger charge is 2.43. The number of hydrogen-bond acceptors (Lipinski definition) is 5.